The number of carbonyl (C=O) groups excluding carboxylic acids is 1. The summed E-state index contributed by atoms with van der Waals surface area (Å²) in [6, 6.07) is 1.84. The Balaban J connectivity index is 1.09. The predicted octanol–water partition coefficient (Wildman–Crippen LogP) is 4.60. The summed E-state index contributed by atoms with van der Waals surface area (Å²) in [6.45, 7) is 4.58. The van der Waals surface area contributed by atoms with Crippen molar-refractivity contribution in [1.29, 1.82) is 0 Å². The lowest BCUT2D eigenvalue weighted by molar-refractivity contribution is -0.130. The molecular weight excluding hydrogens is 464 g/mol. The highest BCUT2D eigenvalue weighted by Crippen LogP contribution is 2.43. The number of nitrogens with zero attached hydrogens (tertiary/aromatic N) is 6. The zero-order valence-corrected chi connectivity index (χ0v) is 22.5. The Morgan fingerprint density at radius 3 is 2.65 bits per heavy atom. The second-order valence-electron chi connectivity index (χ2n) is 11.7. The van der Waals surface area contributed by atoms with Gasteiger partial charge >= 0.3 is 0 Å². The SMILES string of the molecule is Cc1nn(C2CC3CCC(C2)N3C)cc1Nc1ncc(C2CC2)c(NCCCN2CCCCCC2=O)n1. The molecule has 5 heterocycles. The molecule has 0 aromatic carbocycles. The van der Waals surface area contributed by atoms with Crippen molar-refractivity contribution in [3.63, 3.8) is 0 Å². The summed E-state index contributed by atoms with van der Waals surface area (Å²) >= 11 is 0. The summed E-state index contributed by atoms with van der Waals surface area (Å²) in [5.74, 6) is 2.42. The highest BCUT2D eigenvalue weighted by molar-refractivity contribution is 5.76. The van der Waals surface area contributed by atoms with Crippen molar-refractivity contribution in [2.45, 2.75) is 102 Å². The maximum Gasteiger partial charge on any atom is 0.229 e. The molecule has 3 saturated heterocycles. The number of rotatable bonds is 9. The van der Waals surface area contributed by atoms with Gasteiger partial charge in [0, 0.05) is 56.1 Å². The van der Waals surface area contributed by atoms with Gasteiger partial charge in [-0.2, -0.15) is 10.1 Å². The molecule has 2 bridgehead atoms. The monoisotopic (exact) mass is 506 g/mol. The van der Waals surface area contributed by atoms with E-state index in [1.54, 1.807) is 0 Å². The lowest BCUT2D eigenvalue weighted by Crippen LogP contribution is -2.40. The molecule has 37 heavy (non-hydrogen) atoms. The largest absolute Gasteiger partial charge is 0.370 e. The zero-order valence-electron chi connectivity index (χ0n) is 22.5. The van der Waals surface area contributed by atoms with Crippen LogP contribution in [-0.4, -0.2) is 74.2 Å². The molecule has 6 rings (SSSR count). The van der Waals surface area contributed by atoms with Gasteiger partial charge in [-0.1, -0.05) is 6.42 Å². The number of aryl methyl sites for hydroxylation is 1. The van der Waals surface area contributed by atoms with Gasteiger partial charge in [0.1, 0.15) is 5.82 Å². The van der Waals surface area contributed by atoms with Crippen LogP contribution in [0.1, 0.15) is 93.8 Å². The molecule has 200 valence electrons. The van der Waals surface area contributed by atoms with E-state index in [0.717, 1.165) is 56.1 Å². The van der Waals surface area contributed by atoms with Crippen LogP contribution in [0, 0.1) is 6.92 Å². The van der Waals surface area contributed by atoms with Gasteiger partial charge in [-0.05, 0) is 77.7 Å². The Morgan fingerprint density at radius 1 is 1.05 bits per heavy atom. The lowest BCUT2D eigenvalue weighted by atomic mass is 9.98. The second kappa shape index (κ2) is 10.6. The summed E-state index contributed by atoms with van der Waals surface area (Å²) in [4.78, 5) is 26.5. The molecule has 2 N–H and O–H groups in total. The minimum atomic E-state index is 0.313. The van der Waals surface area contributed by atoms with Crippen LogP contribution in [0.2, 0.25) is 0 Å². The number of fused-ring (bicyclic) bond motifs is 2. The van der Waals surface area contributed by atoms with Crippen LogP contribution < -0.4 is 10.6 Å². The molecule has 0 radical (unpaired) electrons. The van der Waals surface area contributed by atoms with Crippen molar-refractivity contribution in [2.24, 2.45) is 0 Å². The average molecular weight is 507 g/mol. The van der Waals surface area contributed by atoms with E-state index in [2.05, 4.69) is 45.4 Å². The molecule has 2 atom stereocenters. The van der Waals surface area contributed by atoms with Crippen LogP contribution in [0.25, 0.3) is 0 Å². The van der Waals surface area contributed by atoms with Crippen LogP contribution in [-0.2, 0) is 4.79 Å². The molecule has 2 aromatic heterocycles. The quantitative estimate of drug-likeness (QED) is 0.480. The summed E-state index contributed by atoms with van der Waals surface area (Å²) < 4.78 is 2.18. The third-order valence-corrected chi connectivity index (χ3v) is 9.01. The molecule has 1 saturated carbocycles. The van der Waals surface area contributed by atoms with Crippen molar-refractivity contribution >= 4 is 23.4 Å². The topological polar surface area (TPSA) is 91.2 Å². The number of hydrogen-bond donors (Lipinski definition) is 2. The van der Waals surface area contributed by atoms with Crippen LogP contribution >= 0.6 is 0 Å². The van der Waals surface area contributed by atoms with E-state index < -0.39 is 0 Å². The minimum Gasteiger partial charge on any atom is -0.370 e. The van der Waals surface area contributed by atoms with E-state index >= 15 is 0 Å². The molecule has 4 aliphatic rings. The maximum atomic E-state index is 12.3. The predicted molar refractivity (Wildman–Crippen MR) is 145 cm³/mol. The number of hydrogen-bond acceptors (Lipinski definition) is 7. The van der Waals surface area contributed by atoms with E-state index in [4.69, 9.17) is 10.1 Å². The van der Waals surface area contributed by atoms with Crippen LogP contribution in [0.15, 0.2) is 12.4 Å². The molecule has 4 fully saturated rings. The van der Waals surface area contributed by atoms with Crippen molar-refractivity contribution < 1.29 is 4.79 Å². The van der Waals surface area contributed by atoms with E-state index in [9.17, 15) is 4.79 Å². The van der Waals surface area contributed by atoms with E-state index in [1.165, 1.54) is 50.5 Å². The zero-order chi connectivity index (χ0) is 25.4. The number of nitrogens with one attached hydrogen (secondary N) is 2. The smallest absolute Gasteiger partial charge is 0.229 e. The standard InChI is InChI=1S/C28H42N8O/c1-19-25(18-36(33-19)23-15-21-10-11-22(16-23)34(21)2)31-28-30-17-24(20-8-9-20)27(32-28)29-12-6-14-35-13-5-3-4-7-26(35)37/h17-18,20-23H,3-16H2,1-2H3,(H2,29,30,31,32). The first-order valence-electron chi connectivity index (χ1n) is 14.5. The highest BCUT2D eigenvalue weighted by atomic mass is 16.2. The van der Waals surface area contributed by atoms with Crippen molar-refractivity contribution in [3.8, 4) is 0 Å². The van der Waals surface area contributed by atoms with E-state index in [0.29, 0.717) is 42.3 Å². The fourth-order valence-corrected chi connectivity index (χ4v) is 6.55. The number of aromatic nitrogens is 4. The van der Waals surface area contributed by atoms with Gasteiger partial charge in [-0.25, -0.2) is 4.98 Å². The van der Waals surface area contributed by atoms with E-state index in [-0.39, 0.29) is 0 Å². The number of likely N-dealkylation sites (tertiary alicyclic amines) is 1. The number of carbonyl (C=O) groups is 1. The summed E-state index contributed by atoms with van der Waals surface area (Å²) in [5.41, 5.74) is 3.18. The molecular formula is C28H42N8O. The fraction of sp³-hybridized carbons (Fsp3) is 0.714. The Morgan fingerprint density at radius 2 is 1.86 bits per heavy atom. The summed E-state index contributed by atoms with van der Waals surface area (Å²) in [7, 11) is 2.28. The number of anilines is 3. The molecule has 2 unspecified atom stereocenters. The first kappa shape index (κ1) is 24.6. The van der Waals surface area contributed by atoms with Crippen LogP contribution in [0.3, 0.4) is 0 Å². The number of piperidine rings is 1. The van der Waals surface area contributed by atoms with Gasteiger partial charge < -0.3 is 20.4 Å². The van der Waals surface area contributed by atoms with Gasteiger partial charge in [0.2, 0.25) is 11.9 Å². The van der Waals surface area contributed by atoms with Gasteiger partial charge in [0.05, 0.1) is 17.4 Å². The molecule has 1 amide bonds. The van der Waals surface area contributed by atoms with Crippen LogP contribution in [0.4, 0.5) is 17.5 Å². The van der Waals surface area contributed by atoms with Crippen molar-refractivity contribution in [1.82, 2.24) is 29.5 Å². The normalized spacial score (nSPS) is 26.4. The molecule has 0 spiro atoms. The first-order valence-corrected chi connectivity index (χ1v) is 14.5. The van der Waals surface area contributed by atoms with Gasteiger partial charge in [-0.3, -0.25) is 9.48 Å². The van der Waals surface area contributed by atoms with Crippen molar-refractivity contribution in [3.05, 3.63) is 23.7 Å². The molecule has 2 aromatic rings. The third kappa shape index (κ3) is 5.47. The third-order valence-electron chi connectivity index (χ3n) is 9.01. The summed E-state index contributed by atoms with van der Waals surface area (Å²) in [6.07, 6.45) is 16.5. The van der Waals surface area contributed by atoms with Crippen LogP contribution in [0.5, 0.6) is 0 Å². The van der Waals surface area contributed by atoms with Gasteiger partial charge in [-0.15, -0.1) is 0 Å². The Kier molecular flexibility index (Phi) is 7.06. The van der Waals surface area contributed by atoms with Gasteiger partial charge in [0.15, 0.2) is 0 Å². The molecule has 3 aliphatic heterocycles. The molecule has 9 heteroatoms. The molecule has 9 nitrogen and oxygen atoms in total. The Labute approximate surface area is 220 Å². The second-order valence-corrected chi connectivity index (χ2v) is 11.7. The number of amides is 1. The average Bonchev–Trinajstić information content (AvgIpc) is 3.67. The van der Waals surface area contributed by atoms with Crippen molar-refractivity contribution in [2.75, 3.05) is 37.3 Å². The Bertz CT molecular complexity index is 1100. The summed E-state index contributed by atoms with van der Waals surface area (Å²) in [5, 5.41) is 11.9. The fourth-order valence-electron chi connectivity index (χ4n) is 6.55. The lowest BCUT2D eigenvalue weighted by Gasteiger charge is -2.36. The van der Waals surface area contributed by atoms with E-state index in [1.807, 2.05) is 11.1 Å². The minimum absolute atomic E-state index is 0.313. The maximum absolute atomic E-state index is 12.3. The van der Waals surface area contributed by atoms with Gasteiger partial charge in [0.25, 0.3) is 0 Å². The molecule has 1 aliphatic carbocycles. The first-order chi connectivity index (χ1) is 18.0. The highest BCUT2D eigenvalue weighted by Gasteiger charge is 2.39. The Hall–Kier alpha value is -2.68.